The van der Waals surface area contributed by atoms with Crippen LogP contribution in [0.3, 0.4) is 0 Å². The fourth-order valence-electron chi connectivity index (χ4n) is 2.72. The molecular formula is C17H26N2O2. The maximum atomic E-state index is 12.2. The van der Waals surface area contributed by atoms with Gasteiger partial charge in [-0.25, -0.2) is 0 Å². The summed E-state index contributed by atoms with van der Waals surface area (Å²) in [5, 5.41) is 0. The Morgan fingerprint density at radius 1 is 1.48 bits per heavy atom. The molecule has 116 valence electrons. The van der Waals surface area contributed by atoms with Crippen LogP contribution in [0.5, 0.6) is 5.75 Å². The van der Waals surface area contributed by atoms with E-state index in [-0.39, 0.29) is 12.5 Å². The summed E-state index contributed by atoms with van der Waals surface area (Å²) in [4.78, 5) is 14.1. The smallest absolute Gasteiger partial charge is 0.260 e. The molecule has 2 N–H and O–H groups in total. The number of nitrogens with zero attached hydrogens (tertiary/aromatic N) is 1. The predicted octanol–water partition coefficient (Wildman–Crippen LogP) is 2.39. The van der Waals surface area contributed by atoms with Gasteiger partial charge >= 0.3 is 0 Å². The van der Waals surface area contributed by atoms with E-state index in [1.807, 2.05) is 23.1 Å². The van der Waals surface area contributed by atoms with Crippen LogP contribution < -0.4 is 10.5 Å². The number of hydrogen-bond donors (Lipinski definition) is 1. The number of carbonyl (C=O) groups is 1. The molecule has 1 aliphatic rings. The van der Waals surface area contributed by atoms with Crippen molar-refractivity contribution in [3.05, 3.63) is 29.8 Å². The molecule has 1 aromatic rings. The third-order valence-electron chi connectivity index (χ3n) is 4.39. The van der Waals surface area contributed by atoms with Crippen molar-refractivity contribution < 1.29 is 9.53 Å². The Morgan fingerprint density at radius 2 is 2.24 bits per heavy atom. The van der Waals surface area contributed by atoms with Crippen molar-refractivity contribution in [2.75, 3.05) is 26.2 Å². The number of nitrogens with two attached hydrogens (primary N) is 1. The topological polar surface area (TPSA) is 55.6 Å². The zero-order valence-corrected chi connectivity index (χ0v) is 13.0. The largest absolute Gasteiger partial charge is 0.483 e. The van der Waals surface area contributed by atoms with Crippen LogP contribution in [0.1, 0.15) is 38.2 Å². The lowest BCUT2D eigenvalue weighted by Crippen LogP contribution is -2.33. The van der Waals surface area contributed by atoms with E-state index in [0.717, 1.165) is 31.7 Å². The fourth-order valence-corrected chi connectivity index (χ4v) is 2.72. The first-order chi connectivity index (χ1) is 10.2. The molecule has 0 aromatic heterocycles. The Bertz CT molecular complexity index is 476. The minimum absolute atomic E-state index is 0.0601. The summed E-state index contributed by atoms with van der Waals surface area (Å²) in [7, 11) is 0. The minimum Gasteiger partial charge on any atom is -0.483 e. The van der Waals surface area contributed by atoms with Crippen molar-refractivity contribution in [2.24, 2.45) is 11.7 Å². The zero-order valence-electron chi connectivity index (χ0n) is 13.0. The molecule has 0 radical (unpaired) electrons. The van der Waals surface area contributed by atoms with Gasteiger partial charge in [0.2, 0.25) is 0 Å². The molecule has 1 aliphatic heterocycles. The van der Waals surface area contributed by atoms with Crippen molar-refractivity contribution in [3.63, 3.8) is 0 Å². The normalized spacial score (nSPS) is 19.6. The number of carbonyl (C=O) groups excluding carboxylic acids is 1. The first kappa shape index (κ1) is 15.8. The standard InChI is InChI=1S/C17H26N2O2/c1-3-13(2)15-6-4-5-7-16(15)21-12-17(20)19-9-8-14(10-18)11-19/h4-7,13-14H,3,8-12,18H2,1-2H3/t13-,14-/m0/s1. The van der Waals surface area contributed by atoms with E-state index in [0.29, 0.717) is 18.4 Å². The highest BCUT2D eigenvalue weighted by Gasteiger charge is 2.25. The average molecular weight is 290 g/mol. The van der Waals surface area contributed by atoms with Gasteiger partial charge in [-0.05, 0) is 42.9 Å². The molecule has 1 heterocycles. The molecule has 1 aromatic carbocycles. The van der Waals surface area contributed by atoms with Gasteiger partial charge in [0.05, 0.1) is 0 Å². The zero-order chi connectivity index (χ0) is 15.2. The van der Waals surface area contributed by atoms with Gasteiger partial charge in [-0.3, -0.25) is 4.79 Å². The Labute approximate surface area is 127 Å². The van der Waals surface area contributed by atoms with E-state index >= 15 is 0 Å². The van der Waals surface area contributed by atoms with Crippen molar-refractivity contribution in [1.82, 2.24) is 4.90 Å². The molecule has 0 bridgehead atoms. The number of rotatable bonds is 6. The molecule has 4 heteroatoms. The van der Waals surface area contributed by atoms with Crippen molar-refractivity contribution in [3.8, 4) is 5.75 Å². The number of likely N-dealkylation sites (tertiary alicyclic amines) is 1. The highest BCUT2D eigenvalue weighted by molar-refractivity contribution is 5.78. The van der Waals surface area contributed by atoms with E-state index in [2.05, 4.69) is 19.9 Å². The van der Waals surface area contributed by atoms with Gasteiger partial charge in [0.25, 0.3) is 5.91 Å². The van der Waals surface area contributed by atoms with E-state index in [4.69, 9.17) is 10.5 Å². The molecule has 4 nitrogen and oxygen atoms in total. The first-order valence-corrected chi connectivity index (χ1v) is 7.85. The lowest BCUT2D eigenvalue weighted by molar-refractivity contribution is -0.132. The number of amides is 1. The second-order valence-corrected chi connectivity index (χ2v) is 5.87. The van der Waals surface area contributed by atoms with E-state index in [1.54, 1.807) is 0 Å². The van der Waals surface area contributed by atoms with Gasteiger partial charge in [0, 0.05) is 13.1 Å². The molecule has 2 rings (SSSR count). The molecule has 1 fully saturated rings. The van der Waals surface area contributed by atoms with Crippen LogP contribution in [0.25, 0.3) is 0 Å². The quantitative estimate of drug-likeness (QED) is 0.875. The van der Waals surface area contributed by atoms with Gasteiger partial charge in [0.15, 0.2) is 6.61 Å². The van der Waals surface area contributed by atoms with Crippen LogP contribution in [0.4, 0.5) is 0 Å². The molecule has 2 atom stereocenters. The first-order valence-electron chi connectivity index (χ1n) is 7.85. The SMILES string of the molecule is CC[C@H](C)c1ccccc1OCC(=O)N1CC[C@@H](CN)C1. The number of benzene rings is 1. The third kappa shape index (κ3) is 3.97. The van der Waals surface area contributed by atoms with Crippen LogP contribution in [-0.4, -0.2) is 37.0 Å². The lowest BCUT2D eigenvalue weighted by Gasteiger charge is -2.19. The third-order valence-corrected chi connectivity index (χ3v) is 4.39. The molecule has 1 saturated heterocycles. The van der Waals surface area contributed by atoms with Crippen LogP contribution in [0, 0.1) is 5.92 Å². The predicted molar refractivity (Wildman–Crippen MR) is 84.4 cm³/mol. The van der Waals surface area contributed by atoms with Gasteiger partial charge < -0.3 is 15.4 Å². The second-order valence-electron chi connectivity index (χ2n) is 5.87. The molecule has 21 heavy (non-hydrogen) atoms. The molecule has 0 aliphatic carbocycles. The number of ether oxygens (including phenoxy) is 1. The van der Waals surface area contributed by atoms with Gasteiger partial charge in [-0.1, -0.05) is 32.0 Å². The summed E-state index contributed by atoms with van der Waals surface area (Å²) < 4.78 is 5.78. The van der Waals surface area contributed by atoms with Crippen LogP contribution in [-0.2, 0) is 4.79 Å². The van der Waals surface area contributed by atoms with Crippen molar-refractivity contribution >= 4 is 5.91 Å². The highest BCUT2D eigenvalue weighted by atomic mass is 16.5. The van der Waals surface area contributed by atoms with Crippen LogP contribution in [0.2, 0.25) is 0 Å². The Hall–Kier alpha value is -1.55. The van der Waals surface area contributed by atoms with Gasteiger partial charge in [-0.15, -0.1) is 0 Å². The summed E-state index contributed by atoms with van der Waals surface area (Å²) in [5.74, 6) is 1.77. The van der Waals surface area contributed by atoms with Crippen LogP contribution >= 0.6 is 0 Å². The average Bonchev–Trinajstić information content (AvgIpc) is 3.01. The van der Waals surface area contributed by atoms with Crippen molar-refractivity contribution in [2.45, 2.75) is 32.6 Å². The summed E-state index contributed by atoms with van der Waals surface area (Å²) in [6.45, 7) is 6.68. The maximum absolute atomic E-state index is 12.2. The van der Waals surface area contributed by atoms with Crippen LogP contribution in [0.15, 0.2) is 24.3 Å². The maximum Gasteiger partial charge on any atom is 0.260 e. The van der Waals surface area contributed by atoms with Gasteiger partial charge in [0.1, 0.15) is 5.75 Å². The Balaban J connectivity index is 1.93. The van der Waals surface area contributed by atoms with E-state index in [9.17, 15) is 4.79 Å². The molecule has 1 amide bonds. The molecular weight excluding hydrogens is 264 g/mol. The molecule has 0 spiro atoms. The van der Waals surface area contributed by atoms with E-state index in [1.165, 1.54) is 5.56 Å². The summed E-state index contributed by atoms with van der Waals surface area (Å²) in [6, 6.07) is 7.99. The number of para-hydroxylation sites is 1. The molecule has 0 saturated carbocycles. The summed E-state index contributed by atoms with van der Waals surface area (Å²) in [6.07, 6.45) is 2.06. The number of hydrogen-bond acceptors (Lipinski definition) is 3. The summed E-state index contributed by atoms with van der Waals surface area (Å²) in [5.41, 5.74) is 6.84. The second kappa shape index (κ2) is 7.46. The fraction of sp³-hybridized carbons (Fsp3) is 0.588. The monoisotopic (exact) mass is 290 g/mol. The van der Waals surface area contributed by atoms with Crippen molar-refractivity contribution in [1.29, 1.82) is 0 Å². The summed E-state index contributed by atoms with van der Waals surface area (Å²) >= 11 is 0. The minimum atomic E-state index is 0.0601. The Kier molecular flexibility index (Phi) is 5.62. The Morgan fingerprint density at radius 3 is 2.90 bits per heavy atom. The van der Waals surface area contributed by atoms with E-state index < -0.39 is 0 Å². The van der Waals surface area contributed by atoms with Gasteiger partial charge in [-0.2, -0.15) is 0 Å². The lowest BCUT2D eigenvalue weighted by atomic mass is 9.98. The molecule has 0 unspecified atom stereocenters. The highest BCUT2D eigenvalue weighted by Crippen LogP contribution is 2.28.